The van der Waals surface area contributed by atoms with Crippen molar-refractivity contribution in [2.75, 3.05) is 0 Å². The summed E-state index contributed by atoms with van der Waals surface area (Å²) in [4.78, 5) is 11.6. The molecule has 2 heterocycles. The molecule has 0 N–H and O–H groups in total. The average molecular weight is 191 g/mol. The molecule has 1 aliphatic heterocycles. The van der Waals surface area contributed by atoms with Gasteiger partial charge in [0.1, 0.15) is 5.69 Å². The number of carbonyl (C=O) groups excluding carboxylic acids is 1. The summed E-state index contributed by atoms with van der Waals surface area (Å²) < 4.78 is 7.55. The highest BCUT2D eigenvalue weighted by Crippen LogP contribution is 2.41. The number of hydrogen-bond donors (Lipinski definition) is 0. The third kappa shape index (κ3) is 0.897. The van der Waals surface area contributed by atoms with Crippen molar-refractivity contribution >= 4 is 5.97 Å². The van der Waals surface area contributed by atoms with E-state index in [1.165, 1.54) is 6.42 Å². The minimum absolute atomic E-state index is 0.156. The fraction of sp³-hybridized carbons (Fsp3) is 0.545. The second-order valence-electron chi connectivity index (χ2n) is 4.16. The second kappa shape index (κ2) is 2.62. The Morgan fingerprint density at radius 2 is 2.07 bits per heavy atom. The van der Waals surface area contributed by atoms with E-state index in [1.807, 2.05) is 22.9 Å². The molecule has 2 aliphatic rings. The minimum atomic E-state index is -0.325. The first-order chi connectivity index (χ1) is 6.82. The van der Waals surface area contributed by atoms with Gasteiger partial charge in [-0.1, -0.05) is 6.42 Å². The molecular weight excluding hydrogens is 178 g/mol. The van der Waals surface area contributed by atoms with Crippen molar-refractivity contribution < 1.29 is 9.53 Å². The molecule has 3 rings (SSSR count). The third-order valence-corrected chi connectivity index (χ3v) is 3.31. The lowest BCUT2D eigenvalue weighted by molar-refractivity contribution is -0.0678. The summed E-state index contributed by atoms with van der Waals surface area (Å²) in [7, 11) is 0. The Kier molecular flexibility index (Phi) is 1.52. The molecule has 14 heavy (non-hydrogen) atoms. The standard InChI is InChI=1S/C11H13NO2/c13-10-9-5-4-8-12(9)11(14-10)6-2-1-3-7-11/h4-5,8H,1-3,6-7H2. The highest BCUT2D eigenvalue weighted by atomic mass is 16.6. The summed E-state index contributed by atoms with van der Waals surface area (Å²) in [5, 5.41) is 0. The van der Waals surface area contributed by atoms with Gasteiger partial charge in [0.05, 0.1) is 0 Å². The molecular formula is C11H13NO2. The van der Waals surface area contributed by atoms with E-state index in [2.05, 4.69) is 0 Å². The van der Waals surface area contributed by atoms with Crippen molar-refractivity contribution in [1.82, 2.24) is 4.57 Å². The summed E-state index contributed by atoms with van der Waals surface area (Å²) >= 11 is 0. The van der Waals surface area contributed by atoms with Gasteiger partial charge in [-0.05, 0) is 25.0 Å². The molecule has 0 aromatic carbocycles. The first-order valence-corrected chi connectivity index (χ1v) is 5.23. The molecule has 1 aromatic rings. The van der Waals surface area contributed by atoms with Crippen LogP contribution in [0, 0.1) is 0 Å². The van der Waals surface area contributed by atoms with Crippen molar-refractivity contribution in [2.45, 2.75) is 37.8 Å². The van der Waals surface area contributed by atoms with Crippen LogP contribution in [0.25, 0.3) is 0 Å². The van der Waals surface area contributed by atoms with Gasteiger partial charge in [-0.25, -0.2) is 4.79 Å². The molecule has 0 saturated heterocycles. The second-order valence-corrected chi connectivity index (χ2v) is 4.16. The van der Waals surface area contributed by atoms with Gasteiger partial charge in [0.25, 0.3) is 0 Å². The van der Waals surface area contributed by atoms with Crippen molar-refractivity contribution in [3.8, 4) is 0 Å². The Morgan fingerprint density at radius 3 is 2.86 bits per heavy atom. The average Bonchev–Trinajstić information content (AvgIpc) is 2.74. The van der Waals surface area contributed by atoms with Gasteiger partial charge in [-0.15, -0.1) is 0 Å². The van der Waals surface area contributed by atoms with Crippen LogP contribution in [-0.4, -0.2) is 10.5 Å². The maximum atomic E-state index is 11.6. The molecule has 1 aromatic heterocycles. The molecule has 74 valence electrons. The number of hydrogen-bond acceptors (Lipinski definition) is 2. The Balaban J connectivity index is 2.07. The van der Waals surface area contributed by atoms with E-state index in [0.717, 1.165) is 25.7 Å². The smallest absolute Gasteiger partial charge is 0.357 e. The molecule has 0 unspecified atom stereocenters. The molecule has 0 amide bonds. The van der Waals surface area contributed by atoms with Crippen LogP contribution < -0.4 is 0 Å². The van der Waals surface area contributed by atoms with Gasteiger partial charge >= 0.3 is 5.97 Å². The van der Waals surface area contributed by atoms with Gasteiger partial charge in [-0.3, -0.25) is 0 Å². The molecule has 1 fully saturated rings. The van der Waals surface area contributed by atoms with Crippen LogP contribution >= 0.6 is 0 Å². The van der Waals surface area contributed by atoms with E-state index in [4.69, 9.17) is 4.74 Å². The number of aromatic nitrogens is 1. The van der Waals surface area contributed by atoms with Gasteiger partial charge in [-0.2, -0.15) is 0 Å². The maximum absolute atomic E-state index is 11.6. The predicted molar refractivity (Wildman–Crippen MR) is 50.9 cm³/mol. The summed E-state index contributed by atoms with van der Waals surface area (Å²) in [5.41, 5.74) is 0.389. The van der Waals surface area contributed by atoms with Crippen molar-refractivity contribution in [3.05, 3.63) is 24.0 Å². The van der Waals surface area contributed by atoms with Crippen LogP contribution in [0.5, 0.6) is 0 Å². The molecule has 1 saturated carbocycles. The van der Waals surface area contributed by atoms with Crippen LogP contribution in [0.1, 0.15) is 42.6 Å². The zero-order valence-electron chi connectivity index (χ0n) is 8.03. The fourth-order valence-corrected chi connectivity index (χ4v) is 2.62. The maximum Gasteiger partial charge on any atom is 0.357 e. The lowest BCUT2D eigenvalue weighted by Gasteiger charge is -2.33. The molecule has 1 aliphatic carbocycles. The first-order valence-electron chi connectivity index (χ1n) is 5.23. The van der Waals surface area contributed by atoms with Crippen molar-refractivity contribution in [1.29, 1.82) is 0 Å². The van der Waals surface area contributed by atoms with Crippen LogP contribution in [-0.2, 0) is 10.5 Å². The largest absolute Gasteiger partial charge is 0.434 e. The molecule has 0 bridgehead atoms. The molecule has 1 spiro atoms. The van der Waals surface area contributed by atoms with Crippen LogP contribution in [0.3, 0.4) is 0 Å². The van der Waals surface area contributed by atoms with E-state index in [9.17, 15) is 4.79 Å². The van der Waals surface area contributed by atoms with E-state index >= 15 is 0 Å². The topological polar surface area (TPSA) is 31.2 Å². The van der Waals surface area contributed by atoms with Gasteiger partial charge in [0.2, 0.25) is 0 Å². The van der Waals surface area contributed by atoms with Crippen LogP contribution in [0.15, 0.2) is 18.3 Å². The Bertz CT molecular complexity index is 374. The number of ether oxygens (including phenoxy) is 1. The first kappa shape index (κ1) is 8.09. The molecule has 3 heteroatoms. The zero-order chi connectivity index (χ0) is 9.60. The Labute approximate surface area is 82.7 Å². The summed E-state index contributed by atoms with van der Waals surface area (Å²) in [5.74, 6) is -0.156. The lowest BCUT2D eigenvalue weighted by Crippen LogP contribution is -2.34. The normalized spacial score (nSPS) is 23.6. The summed E-state index contributed by atoms with van der Waals surface area (Å²) in [6.45, 7) is 0. The Hall–Kier alpha value is -1.25. The number of carbonyl (C=O) groups is 1. The number of nitrogens with zero attached hydrogens (tertiary/aromatic N) is 1. The summed E-state index contributed by atoms with van der Waals surface area (Å²) in [6.07, 6.45) is 7.48. The van der Waals surface area contributed by atoms with E-state index in [0.29, 0.717) is 5.69 Å². The molecule has 0 radical (unpaired) electrons. The molecule has 3 nitrogen and oxygen atoms in total. The van der Waals surface area contributed by atoms with Crippen molar-refractivity contribution in [2.24, 2.45) is 0 Å². The quantitative estimate of drug-likeness (QED) is 0.589. The van der Waals surface area contributed by atoms with Crippen LogP contribution in [0.2, 0.25) is 0 Å². The number of esters is 1. The molecule has 0 atom stereocenters. The van der Waals surface area contributed by atoms with E-state index in [-0.39, 0.29) is 11.7 Å². The predicted octanol–water partition coefficient (Wildman–Crippen LogP) is 2.28. The Morgan fingerprint density at radius 1 is 1.29 bits per heavy atom. The van der Waals surface area contributed by atoms with Crippen LogP contribution in [0.4, 0.5) is 0 Å². The number of rotatable bonds is 0. The highest BCUT2D eigenvalue weighted by Gasteiger charge is 2.44. The fourth-order valence-electron chi connectivity index (χ4n) is 2.62. The number of fused-ring (bicyclic) bond motifs is 2. The van der Waals surface area contributed by atoms with E-state index in [1.54, 1.807) is 0 Å². The monoisotopic (exact) mass is 191 g/mol. The van der Waals surface area contributed by atoms with Gasteiger partial charge in [0, 0.05) is 19.0 Å². The summed E-state index contributed by atoms with van der Waals surface area (Å²) in [6, 6.07) is 3.76. The van der Waals surface area contributed by atoms with E-state index < -0.39 is 0 Å². The lowest BCUT2D eigenvalue weighted by atomic mass is 9.92. The third-order valence-electron chi connectivity index (χ3n) is 3.31. The SMILES string of the molecule is O=C1OC2(CCCCC2)n2cccc21. The van der Waals surface area contributed by atoms with Gasteiger partial charge < -0.3 is 9.30 Å². The zero-order valence-corrected chi connectivity index (χ0v) is 8.03. The van der Waals surface area contributed by atoms with Gasteiger partial charge in [0.15, 0.2) is 5.72 Å². The van der Waals surface area contributed by atoms with Crippen molar-refractivity contribution in [3.63, 3.8) is 0 Å². The minimum Gasteiger partial charge on any atom is -0.434 e. The highest BCUT2D eigenvalue weighted by molar-refractivity contribution is 5.89.